The van der Waals surface area contributed by atoms with Crippen molar-refractivity contribution in [1.82, 2.24) is 24.6 Å². The quantitative estimate of drug-likeness (QED) is 0.750. The van der Waals surface area contributed by atoms with Crippen LogP contribution in [0.5, 0.6) is 0 Å². The molecule has 0 radical (unpaired) electrons. The van der Waals surface area contributed by atoms with Gasteiger partial charge in [-0.3, -0.25) is 9.59 Å². The number of hydrogen-bond donors (Lipinski definition) is 1. The van der Waals surface area contributed by atoms with Crippen molar-refractivity contribution >= 4 is 16.9 Å². The molecule has 0 aliphatic heterocycles. The molecule has 7 heteroatoms. The molecular weight excluding hydrogens is 318 g/mol. The Kier molecular flexibility index (Phi) is 4.05. The van der Waals surface area contributed by atoms with E-state index in [0.29, 0.717) is 13.1 Å². The van der Waals surface area contributed by atoms with Gasteiger partial charge < -0.3 is 9.88 Å². The van der Waals surface area contributed by atoms with Gasteiger partial charge >= 0.3 is 0 Å². The van der Waals surface area contributed by atoms with Crippen molar-refractivity contribution in [3.63, 3.8) is 0 Å². The molecule has 0 fully saturated rings. The van der Waals surface area contributed by atoms with Gasteiger partial charge in [-0.1, -0.05) is 12.1 Å². The average molecular weight is 337 g/mol. The first-order valence-corrected chi connectivity index (χ1v) is 8.47. The fourth-order valence-electron chi connectivity index (χ4n) is 3.25. The summed E-state index contributed by atoms with van der Waals surface area (Å²) in [5.41, 5.74) is 3.77. The van der Waals surface area contributed by atoms with Crippen molar-refractivity contribution in [2.75, 3.05) is 6.54 Å². The minimum Gasteiger partial charge on any atom is -0.353 e. The van der Waals surface area contributed by atoms with Crippen molar-refractivity contribution in [3.05, 3.63) is 58.3 Å². The van der Waals surface area contributed by atoms with Crippen molar-refractivity contribution in [2.45, 2.75) is 32.4 Å². The number of rotatable bonds is 5. The van der Waals surface area contributed by atoms with Crippen LogP contribution in [0.25, 0.3) is 11.0 Å². The highest BCUT2D eigenvalue weighted by atomic mass is 16.2. The zero-order chi connectivity index (χ0) is 17.2. The molecule has 3 aromatic rings. The van der Waals surface area contributed by atoms with Gasteiger partial charge in [-0.15, -0.1) is 0 Å². The fraction of sp³-hybridized carbons (Fsp3) is 0.333. The highest BCUT2D eigenvalue weighted by Crippen LogP contribution is 2.16. The van der Waals surface area contributed by atoms with Crippen LogP contribution in [0.1, 0.15) is 17.7 Å². The summed E-state index contributed by atoms with van der Waals surface area (Å²) in [6, 6.07) is 9.36. The topological polar surface area (TPSA) is 81.8 Å². The van der Waals surface area contributed by atoms with Crippen LogP contribution in [0.4, 0.5) is 0 Å². The number of benzene rings is 1. The lowest BCUT2D eigenvalue weighted by molar-refractivity contribution is -0.121. The average Bonchev–Trinajstić information content (AvgIpc) is 3.22. The zero-order valence-electron chi connectivity index (χ0n) is 13.8. The summed E-state index contributed by atoms with van der Waals surface area (Å²) in [7, 11) is 0. The van der Waals surface area contributed by atoms with Gasteiger partial charge in [-0.25, -0.2) is 9.67 Å². The minimum absolute atomic E-state index is 0.101. The predicted octanol–water partition coefficient (Wildman–Crippen LogP) is 0.898. The number of nitrogens with zero attached hydrogens (tertiary/aromatic N) is 4. The van der Waals surface area contributed by atoms with E-state index in [1.165, 1.54) is 4.68 Å². The van der Waals surface area contributed by atoms with E-state index in [1.54, 1.807) is 12.4 Å². The third kappa shape index (κ3) is 3.17. The van der Waals surface area contributed by atoms with E-state index >= 15 is 0 Å². The van der Waals surface area contributed by atoms with Gasteiger partial charge in [0.05, 0.1) is 29.6 Å². The van der Waals surface area contributed by atoms with Crippen molar-refractivity contribution in [1.29, 1.82) is 0 Å². The van der Waals surface area contributed by atoms with E-state index < -0.39 is 0 Å². The first-order chi connectivity index (χ1) is 12.2. The Bertz CT molecular complexity index is 989. The molecule has 128 valence electrons. The summed E-state index contributed by atoms with van der Waals surface area (Å²) in [6.07, 6.45) is 4.59. The number of aryl methyl sites for hydroxylation is 2. The van der Waals surface area contributed by atoms with E-state index in [0.717, 1.165) is 41.6 Å². The largest absolute Gasteiger partial charge is 0.353 e. The number of aromatic nitrogens is 4. The van der Waals surface area contributed by atoms with Crippen LogP contribution in [0.2, 0.25) is 0 Å². The van der Waals surface area contributed by atoms with Gasteiger partial charge in [0.25, 0.3) is 5.56 Å². The lowest BCUT2D eigenvalue weighted by Crippen LogP contribution is -2.34. The van der Waals surface area contributed by atoms with Crippen LogP contribution in [0, 0.1) is 0 Å². The summed E-state index contributed by atoms with van der Waals surface area (Å²) in [5, 5.41) is 7.25. The molecule has 1 aliphatic carbocycles. The van der Waals surface area contributed by atoms with Crippen molar-refractivity contribution < 1.29 is 4.79 Å². The number of para-hydroxylation sites is 2. The normalized spacial score (nSPS) is 13.1. The van der Waals surface area contributed by atoms with Crippen LogP contribution in [0.3, 0.4) is 0 Å². The van der Waals surface area contributed by atoms with Gasteiger partial charge in [0, 0.05) is 12.6 Å². The highest BCUT2D eigenvalue weighted by Gasteiger charge is 2.14. The second-order valence-electron chi connectivity index (χ2n) is 6.24. The van der Waals surface area contributed by atoms with E-state index in [2.05, 4.69) is 15.4 Å². The SMILES string of the molecule is O=C(Cn1cnc2ccccc21)NCCn1nc2c(cc1=O)CCC2. The van der Waals surface area contributed by atoms with E-state index in [1.807, 2.05) is 28.8 Å². The summed E-state index contributed by atoms with van der Waals surface area (Å²) >= 11 is 0. The molecule has 2 heterocycles. The van der Waals surface area contributed by atoms with E-state index in [-0.39, 0.29) is 18.0 Å². The molecule has 1 amide bonds. The minimum atomic E-state index is -0.114. The molecule has 0 unspecified atom stereocenters. The molecule has 2 aromatic heterocycles. The number of nitrogens with one attached hydrogen (secondary N) is 1. The monoisotopic (exact) mass is 337 g/mol. The first-order valence-electron chi connectivity index (χ1n) is 8.47. The number of fused-ring (bicyclic) bond motifs is 2. The van der Waals surface area contributed by atoms with Crippen LogP contribution >= 0.6 is 0 Å². The Morgan fingerprint density at radius 1 is 1.24 bits per heavy atom. The summed E-state index contributed by atoms with van der Waals surface area (Å²) in [4.78, 5) is 28.5. The Morgan fingerprint density at radius 3 is 3.04 bits per heavy atom. The molecule has 0 saturated carbocycles. The Hall–Kier alpha value is -2.96. The van der Waals surface area contributed by atoms with Gasteiger partial charge in [0.1, 0.15) is 6.54 Å². The maximum atomic E-state index is 12.1. The molecular formula is C18H19N5O2. The van der Waals surface area contributed by atoms with Crippen LogP contribution in [-0.4, -0.2) is 31.8 Å². The van der Waals surface area contributed by atoms with Gasteiger partial charge in [-0.05, 0) is 37.0 Å². The van der Waals surface area contributed by atoms with Crippen LogP contribution < -0.4 is 10.9 Å². The van der Waals surface area contributed by atoms with Crippen molar-refractivity contribution in [3.8, 4) is 0 Å². The van der Waals surface area contributed by atoms with E-state index in [4.69, 9.17) is 0 Å². The van der Waals surface area contributed by atoms with Crippen LogP contribution in [-0.2, 0) is 30.7 Å². The molecule has 1 aliphatic rings. The van der Waals surface area contributed by atoms with Crippen molar-refractivity contribution in [2.24, 2.45) is 0 Å². The number of imidazole rings is 1. The second kappa shape index (κ2) is 6.51. The standard InChI is InChI=1S/C18H19N5O2/c24-17(11-22-12-20-15-5-1-2-7-16(15)22)19-8-9-23-18(25)10-13-4-3-6-14(13)21-23/h1-2,5,7,10,12H,3-4,6,8-9,11H2,(H,19,24). The highest BCUT2D eigenvalue weighted by molar-refractivity contribution is 5.80. The van der Waals surface area contributed by atoms with Gasteiger partial charge in [0.2, 0.25) is 5.91 Å². The molecule has 0 atom stereocenters. The summed E-state index contributed by atoms with van der Waals surface area (Å²) < 4.78 is 3.25. The third-order valence-electron chi connectivity index (χ3n) is 4.51. The number of hydrogen-bond acceptors (Lipinski definition) is 4. The summed E-state index contributed by atoms with van der Waals surface area (Å²) in [5.74, 6) is -0.114. The van der Waals surface area contributed by atoms with Gasteiger partial charge in [-0.2, -0.15) is 5.10 Å². The number of amides is 1. The Morgan fingerprint density at radius 2 is 2.12 bits per heavy atom. The third-order valence-corrected chi connectivity index (χ3v) is 4.51. The molecule has 0 bridgehead atoms. The van der Waals surface area contributed by atoms with E-state index in [9.17, 15) is 9.59 Å². The van der Waals surface area contributed by atoms with Gasteiger partial charge in [0.15, 0.2) is 0 Å². The number of carbonyl (C=O) groups is 1. The molecule has 0 saturated heterocycles. The molecule has 4 rings (SSSR count). The molecule has 0 spiro atoms. The molecule has 25 heavy (non-hydrogen) atoms. The fourth-order valence-corrected chi connectivity index (χ4v) is 3.25. The smallest absolute Gasteiger partial charge is 0.267 e. The Labute approximate surface area is 144 Å². The Balaban J connectivity index is 1.36. The molecule has 1 aromatic carbocycles. The lowest BCUT2D eigenvalue weighted by Gasteiger charge is -2.09. The predicted molar refractivity (Wildman–Crippen MR) is 93.3 cm³/mol. The molecule has 1 N–H and O–H groups in total. The lowest BCUT2D eigenvalue weighted by atomic mass is 10.2. The number of carbonyl (C=O) groups excluding carboxylic acids is 1. The maximum absolute atomic E-state index is 12.1. The zero-order valence-corrected chi connectivity index (χ0v) is 13.8. The maximum Gasteiger partial charge on any atom is 0.267 e. The first kappa shape index (κ1) is 15.6. The summed E-state index contributed by atoms with van der Waals surface area (Å²) in [6.45, 7) is 0.951. The molecule has 7 nitrogen and oxygen atoms in total. The second-order valence-corrected chi connectivity index (χ2v) is 6.24. The van der Waals surface area contributed by atoms with Crippen LogP contribution in [0.15, 0.2) is 41.5 Å².